The van der Waals surface area contributed by atoms with Crippen LogP contribution in [0.2, 0.25) is 0 Å². The van der Waals surface area contributed by atoms with E-state index in [2.05, 4.69) is 20.1 Å². The van der Waals surface area contributed by atoms with Gasteiger partial charge in [-0.2, -0.15) is 0 Å². The number of phenolic OH excluding ortho intramolecular Hbond substituents is 1. The van der Waals surface area contributed by atoms with Crippen molar-refractivity contribution < 1.29 is 5.11 Å². The van der Waals surface area contributed by atoms with E-state index in [-0.39, 0.29) is 5.75 Å². The summed E-state index contributed by atoms with van der Waals surface area (Å²) in [5.74, 6) is 0.203. The van der Waals surface area contributed by atoms with Crippen molar-refractivity contribution in [1.29, 1.82) is 0 Å². The lowest BCUT2D eigenvalue weighted by Crippen LogP contribution is -2.29. The van der Waals surface area contributed by atoms with E-state index >= 15 is 0 Å². The van der Waals surface area contributed by atoms with Gasteiger partial charge < -0.3 is 20.7 Å². The summed E-state index contributed by atoms with van der Waals surface area (Å²) in [7, 11) is 0. The molecule has 1 fully saturated rings. The summed E-state index contributed by atoms with van der Waals surface area (Å²) in [5.41, 5.74) is 9.80. The second-order valence-electron chi connectivity index (χ2n) is 5.95. The lowest BCUT2D eigenvalue weighted by Gasteiger charge is -2.24. The molecule has 0 aliphatic carbocycles. The summed E-state index contributed by atoms with van der Waals surface area (Å²) in [5, 5.41) is 22.0. The number of para-hydroxylation sites is 1. The Kier molecular flexibility index (Phi) is 3.38. The molecule has 0 saturated carbocycles. The number of aromatic hydroxyl groups is 1. The van der Waals surface area contributed by atoms with Crippen LogP contribution in [0.1, 0.15) is 18.9 Å². The Balaban J connectivity index is 1.85. The number of anilines is 1. The molecule has 118 valence electrons. The number of phenols is 1. The first-order chi connectivity index (χ1) is 11.2. The molecule has 3 aromatic rings. The molecule has 4 N–H and O–H groups in total. The number of hydrogen-bond donors (Lipinski definition) is 3. The van der Waals surface area contributed by atoms with E-state index in [1.54, 1.807) is 12.1 Å². The standard InChI is InChI=1S/C17H19N5O/c18-13-10-22(11-5-7-19-8-6-11)15-9-14(20-21-17(13)15)12-3-1-2-4-16(12)23/h1-4,9-11,19,23H,5-8,18H2. The Morgan fingerprint density at radius 1 is 1.17 bits per heavy atom. The van der Waals surface area contributed by atoms with Crippen LogP contribution in [0, 0.1) is 0 Å². The van der Waals surface area contributed by atoms with Gasteiger partial charge in [-0.25, -0.2) is 0 Å². The quantitative estimate of drug-likeness (QED) is 0.676. The molecule has 3 heterocycles. The zero-order valence-corrected chi connectivity index (χ0v) is 12.7. The van der Waals surface area contributed by atoms with Crippen LogP contribution >= 0.6 is 0 Å². The number of nitrogens with two attached hydrogens (primary N) is 1. The maximum absolute atomic E-state index is 10.1. The molecule has 0 unspecified atom stereocenters. The van der Waals surface area contributed by atoms with Gasteiger partial charge >= 0.3 is 0 Å². The summed E-state index contributed by atoms with van der Waals surface area (Å²) in [6.45, 7) is 2.02. The molecular weight excluding hydrogens is 290 g/mol. The van der Waals surface area contributed by atoms with E-state index in [0.29, 0.717) is 23.0 Å². The topological polar surface area (TPSA) is 89.0 Å². The smallest absolute Gasteiger partial charge is 0.134 e. The highest BCUT2D eigenvalue weighted by Gasteiger charge is 2.20. The van der Waals surface area contributed by atoms with Crippen molar-refractivity contribution in [3.05, 3.63) is 36.5 Å². The first-order valence-electron chi connectivity index (χ1n) is 7.87. The fourth-order valence-electron chi connectivity index (χ4n) is 3.27. The van der Waals surface area contributed by atoms with Gasteiger partial charge in [0, 0.05) is 17.8 Å². The van der Waals surface area contributed by atoms with Crippen molar-refractivity contribution in [2.75, 3.05) is 18.8 Å². The fraction of sp³-hybridized carbons (Fsp3) is 0.294. The van der Waals surface area contributed by atoms with E-state index in [0.717, 1.165) is 37.0 Å². The Bertz CT molecular complexity index is 851. The van der Waals surface area contributed by atoms with Crippen molar-refractivity contribution in [3.8, 4) is 17.0 Å². The van der Waals surface area contributed by atoms with Gasteiger partial charge in [0.2, 0.25) is 0 Å². The largest absolute Gasteiger partial charge is 0.507 e. The molecule has 6 nitrogen and oxygen atoms in total. The van der Waals surface area contributed by atoms with Gasteiger partial charge in [-0.1, -0.05) is 12.1 Å². The zero-order chi connectivity index (χ0) is 15.8. The first-order valence-corrected chi connectivity index (χ1v) is 7.87. The van der Waals surface area contributed by atoms with Crippen LogP contribution in [0.15, 0.2) is 36.5 Å². The van der Waals surface area contributed by atoms with Gasteiger partial charge in [-0.3, -0.25) is 0 Å². The molecule has 0 spiro atoms. The molecule has 23 heavy (non-hydrogen) atoms. The Morgan fingerprint density at radius 2 is 1.96 bits per heavy atom. The lowest BCUT2D eigenvalue weighted by molar-refractivity contribution is 0.376. The average Bonchev–Trinajstić information content (AvgIpc) is 2.92. The van der Waals surface area contributed by atoms with Crippen molar-refractivity contribution >= 4 is 16.7 Å². The van der Waals surface area contributed by atoms with Crippen LogP contribution in [0.3, 0.4) is 0 Å². The maximum atomic E-state index is 10.1. The van der Waals surface area contributed by atoms with Crippen LogP contribution in [0.25, 0.3) is 22.3 Å². The molecule has 0 bridgehead atoms. The highest BCUT2D eigenvalue weighted by molar-refractivity contribution is 5.90. The third-order valence-corrected chi connectivity index (χ3v) is 4.49. The number of nitrogens with one attached hydrogen (secondary N) is 1. The molecule has 0 atom stereocenters. The van der Waals surface area contributed by atoms with Gasteiger partial charge in [-0.15, -0.1) is 10.2 Å². The molecule has 4 rings (SSSR count). The van der Waals surface area contributed by atoms with Crippen LogP contribution in [0.4, 0.5) is 5.69 Å². The number of aromatic nitrogens is 3. The van der Waals surface area contributed by atoms with E-state index in [1.165, 1.54) is 0 Å². The average molecular weight is 309 g/mol. The number of nitrogen functional groups attached to an aromatic ring is 1. The number of benzene rings is 1. The molecule has 1 saturated heterocycles. The summed E-state index contributed by atoms with van der Waals surface area (Å²) in [4.78, 5) is 0. The fourth-order valence-corrected chi connectivity index (χ4v) is 3.27. The minimum absolute atomic E-state index is 0.203. The second-order valence-corrected chi connectivity index (χ2v) is 5.95. The monoisotopic (exact) mass is 309 g/mol. The number of piperidine rings is 1. The van der Waals surface area contributed by atoms with Gasteiger partial charge in [0.1, 0.15) is 11.3 Å². The van der Waals surface area contributed by atoms with Crippen LogP contribution in [0.5, 0.6) is 5.75 Å². The molecular formula is C17H19N5O. The Morgan fingerprint density at radius 3 is 2.74 bits per heavy atom. The predicted octanol–water partition coefficient (Wildman–Crippen LogP) is 2.31. The maximum Gasteiger partial charge on any atom is 0.134 e. The lowest BCUT2D eigenvalue weighted by atomic mass is 10.1. The third kappa shape index (κ3) is 2.41. The Hall–Kier alpha value is -2.60. The van der Waals surface area contributed by atoms with E-state index in [4.69, 9.17) is 5.73 Å². The molecule has 6 heteroatoms. The molecule has 1 aromatic carbocycles. The highest BCUT2D eigenvalue weighted by atomic mass is 16.3. The van der Waals surface area contributed by atoms with Gasteiger partial charge in [-0.05, 0) is 44.1 Å². The number of fused-ring (bicyclic) bond motifs is 1. The van der Waals surface area contributed by atoms with Crippen LogP contribution in [-0.4, -0.2) is 33.0 Å². The van der Waals surface area contributed by atoms with Crippen molar-refractivity contribution in [2.45, 2.75) is 18.9 Å². The molecule has 0 amide bonds. The normalized spacial score (nSPS) is 16.0. The summed E-state index contributed by atoms with van der Waals surface area (Å²) in [6.07, 6.45) is 4.10. The summed E-state index contributed by atoms with van der Waals surface area (Å²) < 4.78 is 2.21. The van der Waals surface area contributed by atoms with Crippen molar-refractivity contribution in [1.82, 2.24) is 20.1 Å². The third-order valence-electron chi connectivity index (χ3n) is 4.49. The Labute approximate surface area is 133 Å². The molecule has 0 radical (unpaired) electrons. The van der Waals surface area contributed by atoms with Gasteiger partial charge in [0.05, 0.1) is 16.9 Å². The van der Waals surface area contributed by atoms with Gasteiger partial charge in [0.15, 0.2) is 0 Å². The first kappa shape index (κ1) is 14.0. The van der Waals surface area contributed by atoms with Crippen LogP contribution < -0.4 is 11.1 Å². The SMILES string of the molecule is Nc1cn(C2CCNCC2)c2cc(-c3ccccc3O)nnc12. The molecule has 1 aliphatic rings. The number of rotatable bonds is 2. The minimum Gasteiger partial charge on any atom is -0.507 e. The molecule has 1 aliphatic heterocycles. The number of nitrogens with zero attached hydrogens (tertiary/aromatic N) is 3. The van der Waals surface area contributed by atoms with Crippen molar-refractivity contribution in [2.24, 2.45) is 0 Å². The highest BCUT2D eigenvalue weighted by Crippen LogP contribution is 2.33. The minimum atomic E-state index is 0.203. The summed E-state index contributed by atoms with van der Waals surface area (Å²) in [6, 6.07) is 9.54. The van der Waals surface area contributed by atoms with Crippen molar-refractivity contribution in [3.63, 3.8) is 0 Å². The van der Waals surface area contributed by atoms with E-state index < -0.39 is 0 Å². The van der Waals surface area contributed by atoms with E-state index in [1.807, 2.05) is 24.4 Å². The summed E-state index contributed by atoms with van der Waals surface area (Å²) >= 11 is 0. The number of hydrogen-bond acceptors (Lipinski definition) is 5. The van der Waals surface area contributed by atoms with E-state index in [9.17, 15) is 5.11 Å². The van der Waals surface area contributed by atoms with Gasteiger partial charge in [0.25, 0.3) is 0 Å². The second kappa shape index (κ2) is 5.55. The zero-order valence-electron chi connectivity index (χ0n) is 12.7. The molecule has 2 aromatic heterocycles. The van der Waals surface area contributed by atoms with Crippen LogP contribution in [-0.2, 0) is 0 Å². The predicted molar refractivity (Wildman–Crippen MR) is 90.2 cm³/mol.